The quantitative estimate of drug-likeness (QED) is 0.176. The first kappa shape index (κ1) is 30.5. The molecule has 1 aliphatic carbocycles. The second kappa shape index (κ2) is 14.0. The van der Waals surface area contributed by atoms with E-state index in [1.54, 1.807) is 11.9 Å². The average molecular weight is 589 g/mol. The highest BCUT2D eigenvalue weighted by Gasteiger charge is 2.33. The van der Waals surface area contributed by atoms with Crippen LogP contribution in [0.25, 0.3) is 0 Å². The third-order valence-corrected chi connectivity index (χ3v) is 8.83. The Morgan fingerprint density at radius 3 is 2.65 bits per heavy atom. The van der Waals surface area contributed by atoms with Crippen molar-refractivity contribution in [3.63, 3.8) is 0 Å². The lowest BCUT2D eigenvalue weighted by atomic mass is 10.0. The van der Waals surface area contributed by atoms with E-state index in [0.717, 1.165) is 74.4 Å². The van der Waals surface area contributed by atoms with Crippen LogP contribution in [0.5, 0.6) is 5.75 Å². The number of rotatable bonds is 14. The van der Waals surface area contributed by atoms with E-state index in [1.165, 1.54) is 18.4 Å². The predicted octanol–water partition coefficient (Wildman–Crippen LogP) is 3.27. The lowest BCUT2D eigenvalue weighted by molar-refractivity contribution is -0.121. The van der Waals surface area contributed by atoms with Gasteiger partial charge >= 0.3 is 0 Å². The number of amides is 2. The fourth-order valence-electron chi connectivity index (χ4n) is 5.82. The van der Waals surface area contributed by atoms with Gasteiger partial charge in [-0.25, -0.2) is 0 Å². The van der Waals surface area contributed by atoms with Crippen molar-refractivity contribution in [2.75, 3.05) is 51.4 Å². The summed E-state index contributed by atoms with van der Waals surface area (Å²) in [5, 5.41) is 5.78. The summed E-state index contributed by atoms with van der Waals surface area (Å²) in [4.78, 5) is 45.2. The Morgan fingerprint density at radius 2 is 1.95 bits per heavy atom. The van der Waals surface area contributed by atoms with Crippen LogP contribution in [0, 0.1) is 5.92 Å². The largest absolute Gasteiger partial charge is 0.491 e. The van der Waals surface area contributed by atoms with Crippen LogP contribution in [0.15, 0.2) is 35.3 Å². The van der Waals surface area contributed by atoms with E-state index < -0.39 is 6.04 Å². The topological polar surface area (TPSA) is 129 Å². The molecular weight excluding hydrogens is 544 g/mol. The maximum atomic E-state index is 12.9. The first-order chi connectivity index (χ1) is 20.9. The number of carbonyl (C=O) groups excluding carboxylic acids is 3. The zero-order valence-corrected chi connectivity index (χ0v) is 25.3. The average Bonchev–Trinajstić information content (AvgIpc) is 3.81. The molecule has 4 N–H and O–H groups in total. The molecule has 0 radical (unpaired) electrons. The second-order valence-corrected chi connectivity index (χ2v) is 11.9. The minimum atomic E-state index is -0.600. The highest BCUT2D eigenvalue weighted by atomic mass is 16.5. The summed E-state index contributed by atoms with van der Waals surface area (Å²) in [5.41, 5.74) is 11.6. The van der Waals surface area contributed by atoms with E-state index in [4.69, 9.17) is 15.5 Å². The predicted molar refractivity (Wildman–Crippen MR) is 169 cm³/mol. The zero-order valence-electron chi connectivity index (χ0n) is 25.3. The van der Waals surface area contributed by atoms with Gasteiger partial charge in [-0.15, -0.1) is 0 Å². The van der Waals surface area contributed by atoms with Crippen molar-refractivity contribution < 1.29 is 19.1 Å². The molecule has 10 nitrogen and oxygen atoms in total. The number of hydrogen-bond acceptors (Lipinski definition) is 8. The second-order valence-electron chi connectivity index (χ2n) is 11.9. The van der Waals surface area contributed by atoms with Crippen molar-refractivity contribution in [1.29, 1.82) is 0 Å². The van der Waals surface area contributed by atoms with E-state index in [1.807, 2.05) is 37.5 Å². The summed E-state index contributed by atoms with van der Waals surface area (Å²) >= 11 is 0. The van der Waals surface area contributed by atoms with Crippen LogP contribution in [0.4, 0.5) is 11.4 Å². The standard InChI is InChI=1S/C33H44N6O4/c1-35-30-16-24(29(34)17-31(30)43-21-23-3-4-23)18-37-26-10-13-38(14-11-26)12-9-22-5-7-28-25(15-22)19-39(33(28)42)27(20-40)6-8-32(41)36-2/h5,7,15-18,20,23,26-27,35H,3-4,6,8-14,19,21,34H2,1-2H3,(H,36,41). The van der Waals surface area contributed by atoms with Crippen LogP contribution in [-0.4, -0.2) is 86.5 Å². The van der Waals surface area contributed by atoms with Crippen molar-refractivity contribution >= 4 is 35.7 Å². The van der Waals surface area contributed by atoms with Crippen molar-refractivity contribution in [3.05, 3.63) is 52.6 Å². The van der Waals surface area contributed by atoms with Crippen LogP contribution in [-0.2, 0) is 22.6 Å². The smallest absolute Gasteiger partial charge is 0.255 e. The molecule has 2 aliphatic heterocycles. The highest BCUT2D eigenvalue weighted by Crippen LogP contribution is 2.34. The lowest BCUT2D eigenvalue weighted by Gasteiger charge is -2.30. The Kier molecular flexibility index (Phi) is 9.97. The minimum Gasteiger partial charge on any atom is -0.491 e. The number of likely N-dealkylation sites (tertiary alicyclic amines) is 1. The number of nitrogens with two attached hydrogens (primary N) is 1. The van der Waals surface area contributed by atoms with Gasteiger partial charge in [0.2, 0.25) is 5.91 Å². The summed E-state index contributed by atoms with van der Waals surface area (Å²) in [7, 11) is 3.46. The number of benzene rings is 2. The SMILES string of the molecule is CNC(=O)CCC(C=O)N1Cc2cc(CCN3CCC(N=Cc4cc(NC)c(OCC5CC5)cc4N)CC3)ccc2C1=O. The molecule has 1 saturated carbocycles. The van der Waals surface area contributed by atoms with Gasteiger partial charge in [0.25, 0.3) is 5.91 Å². The molecule has 0 aromatic heterocycles. The van der Waals surface area contributed by atoms with Gasteiger partial charge in [-0.05, 0) is 67.7 Å². The van der Waals surface area contributed by atoms with E-state index in [0.29, 0.717) is 30.1 Å². The van der Waals surface area contributed by atoms with Crippen LogP contribution >= 0.6 is 0 Å². The van der Waals surface area contributed by atoms with Crippen LogP contribution < -0.4 is 21.1 Å². The number of aliphatic imine (C=N–C) groups is 1. The number of aldehydes is 1. The molecule has 2 heterocycles. The zero-order chi connectivity index (χ0) is 30.3. The number of nitrogens with zero attached hydrogens (tertiary/aromatic N) is 3. The minimum absolute atomic E-state index is 0.138. The molecule has 230 valence electrons. The van der Waals surface area contributed by atoms with E-state index in [2.05, 4.69) is 21.6 Å². The van der Waals surface area contributed by atoms with Gasteiger partial charge in [0.1, 0.15) is 12.0 Å². The molecule has 2 aromatic rings. The Morgan fingerprint density at radius 1 is 1.16 bits per heavy atom. The number of ether oxygens (including phenoxy) is 1. The normalized spacial score (nSPS) is 18.1. The van der Waals surface area contributed by atoms with Gasteiger partial charge in [-0.3, -0.25) is 14.6 Å². The Bertz CT molecular complexity index is 1350. The molecule has 5 rings (SSSR count). The Labute approximate surface area is 254 Å². The fourth-order valence-corrected chi connectivity index (χ4v) is 5.82. The van der Waals surface area contributed by atoms with Crippen LogP contribution in [0.1, 0.15) is 65.6 Å². The molecule has 10 heteroatoms. The van der Waals surface area contributed by atoms with Crippen molar-refractivity contribution in [3.8, 4) is 5.75 Å². The molecule has 1 unspecified atom stereocenters. The van der Waals surface area contributed by atoms with Crippen molar-refractivity contribution in [1.82, 2.24) is 15.1 Å². The van der Waals surface area contributed by atoms with Gasteiger partial charge in [-0.2, -0.15) is 0 Å². The van der Waals surface area contributed by atoms with Gasteiger partial charge in [0.15, 0.2) is 0 Å². The van der Waals surface area contributed by atoms with Gasteiger partial charge in [0.05, 0.1) is 24.4 Å². The van der Waals surface area contributed by atoms with E-state index >= 15 is 0 Å². The number of fused-ring (bicyclic) bond motifs is 1. The van der Waals surface area contributed by atoms with E-state index in [9.17, 15) is 14.4 Å². The molecule has 0 bridgehead atoms. The number of hydrogen-bond donors (Lipinski definition) is 3. The number of piperidine rings is 1. The lowest BCUT2D eigenvalue weighted by Crippen LogP contribution is -2.37. The van der Waals surface area contributed by atoms with Gasteiger partial charge in [0, 0.05) is 75.8 Å². The third-order valence-electron chi connectivity index (χ3n) is 8.83. The number of nitrogens with one attached hydrogen (secondary N) is 2. The van der Waals surface area contributed by atoms with Gasteiger partial charge < -0.3 is 35.7 Å². The molecule has 43 heavy (non-hydrogen) atoms. The summed E-state index contributed by atoms with van der Waals surface area (Å²) in [6.45, 7) is 4.05. The molecule has 2 amide bonds. The number of carbonyl (C=O) groups is 3. The molecule has 2 aromatic carbocycles. The summed E-state index contributed by atoms with van der Waals surface area (Å²) in [6.07, 6.45) is 8.59. The Balaban J connectivity index is 1.09. The summed E-state index contributed by atoms with van der Waals surface area (Å²) in [5.74, 6) is 1.20. The van der Waals surface area contributed by atoms with Crippen molar-refractivity contribution in [2.24, 2.45) is 10.9 Å². The number of nitrogen functional groups attached to an aromatic ring is 1. The highest BCUT2D eigenvalue weighted by molar-refractivity contribution is 5.99. The maximum Gasteiger partial charge on any atom is 0.255 e. The Hall–Kier alpha value is -3.92. The van der Waals surface area contributed by atoms with Gasteiger partial charge in [-0.1, -0.05) is 12.1 Å². The first-order valence-corrected chi connectivity index (χ1v) is 15.5. The molecule has 0 spiro atoms. The number of anilines is 2. The summed E-state index contributed by atoms with van der Waals surface area (Å²) in [6, 6.07) is 9.58. The molecular formula is C33H44N6O4. The van der Waals surface area contributed by atoms with Crippen LogP contribution in [0.3, 0.4) is 0 Å². The molecule has 1 atom stereocenters. The molecule has 1 saturated heterocycles. The van der Waals surface area contributed by atoms with Crippen molar-refractivity contribution in [2.45, 2.75) is 63.6 Å². The fraction of sp³-hybridized carbons (Fsp3) is 0.515. The molecule has 2 fully saturated rings. The molecule has 3 aliphatic rings. The third kappa shape index (κ3) is 7.73. The summed E-state index contributed by atoms with van der Waals surface area (Å²) < 4.78 is 5.98. The monoisotopic (exact) mass is 588 g/mol. The first-order valence-electron chi connectivity index (χ1n) is 15.5. The maximum absolute atomic E-state index is 12.9. The van der Waals surface area contributed by atoms with Crippen LogP contribution in [0.2, 0.25) is 0 Å². The van der Waals surface area contributed by atoms with E-state index in [-0.39, 0.29) is 24.3 Å².